The largest absolute Gasteiger partial charge is 0.480 e. The summed E-state index contributed by atoms with van der Waals surface area (Å²) in [6.07, 6.45) is -0.593. The van der Waals surface area contributed by atoms with Gasteiger partial charge in [0.2, 0.25) is 5.91 Å². The predicted molar refractivity (Wildman–Crippen MR) is 69.0 cm³/mol. The number of likely N-dealkylation sites (N-methyl/N-ethyl adjacent to an activating group) is 1. The zero-order chi connectivity index (χ0) is 15.1. The number of ether oxygens (including phenoxy) is 1. The first-order valence-corrected chi connectivity index (χ1v) is 6.24. The molecule has 0 aromatic heterocycles. The molecule has 1 aliphatic rings. The molecule has 5 N–H and O–H groups in total. The maximum absolute atomic E-state index is 11.6. The van der Waals surface area contributed by atoms with E-state index in [1.807, 2.05) is 7.05 Å². The van der Waals surface area contributed by atoms with Gasteiger partial charge in [-0.25, -0.2) is 9.59 Å². The Labute approximate surface area is 116 Å². The van der Waals surface area contributed by atoms with E-state index in [1.165, 1.54) is 0 Å². The maximum Gasteiger partial charge on any atom is 0.326 e. The van der Waals surface area contributed by atoms with Gasteiger partial charge in [-0.05, 0) is 7.05 Å². The van der Waals surface area contributed by atoms with Crippen molar-refractivity contribution in [2.24, 2.45) is 5.73 Å². The second-order valence-corrected chi connectivity index (χ2v) is 4.67. The van der Waals surface area contributed by atoms with Crippen LogP contribution in [0.2, 0.25) is 0 Å². The molecule has 9 heteroatoms. The van der Waals surface area contributed by atoms with E-state index in [2.05, 4.69) is 15.5 Å². The second-order valence-electron chi connectivity index (χ2n) is 4.67. The van der Waals surface area contributed by atoms with Crippen LogP contribution in [0, 0.1) is 0 Å². The highest BCUT2D eigenvalue weighted by Crippen LogP contribution is 2.01. The molecular weight excluding hydrogens is 268 g/mol. The minimum atomic E-state index is -1.33. The number of nitrogens with two attached hydrogens (primary N) is 1. The van der Waals surface area contributed by atoms with E-state index in [1.54, 1.807) is 0 Å². The van der Waals surface area contributed by atoms with Gasteiger partial charge in [-0.3, -0.25) is 4.79 Å². The molecule has 1 heterocycles. The lowest BCUT2D eigenvalue weighted by molar-refractivity contribution is -0.140. The van der Waals surface area contributed by atoms with Crippen LogP contribution in [-0.4, -0.2) is 73.3 Å². The van der Waals surface area contributed by atoms with Gasteiger partial charge in [0.1, 0.15) is 6.04 Å². The fraction of sp³-hybridized carbons (Fsp3) is 0.727. The number of urea groups is 1. The van der Waals surface area contributed by atoms with Crippen LogP contribution in [-0.2, 0) is 14.3 Å². The van der Waals surface area contributed by atoms with Crippen LogP contribution in [0.3, 0.4) is 0 Å². The first-order chi connectivity index (χ1) is 9.38. The molecule has 1 aliphatic heterocycles. The minimum Gasteiger partial charge on any atom is -0.480 e. The van der Waals surface area contributed by atoms with Crippen molar-refractivity contribution in [3.63, 3.8) is 0 Å². The summed E-state index contributed by atoms with van der Waals surface area (Å²) in [5.74, 6) is -2.11. The molecule has 0 saturated carbocycles. The molecule has 0 spiro atoms. The third-order valence-corrected chi connectivity index (χ3v) is 2.84. The van der Waals surface area contributed by atoms with Gasteiger partial charge in [0, 0.05) is 19.6 Å². The van der Waals surface area contributed by atoms with Gasteiger partial charge in [0.15, 0.2) is 0 Å². The molecule has 1 rings (SSSR count). The molecule has 9 nitrogen and oxygen atoms in total. The summed E-state index contributed by atoms with van der Waals surface area (Å²) in [5, 5.41) is 13.5. The lowest BCUT2D eigenvalue weighted by Gasteiger charge is -2.30. The molecule has 20 heavy (non-hydrogen) atoms. The number of hydrogen-bond acceptors (Lipinski definition) is 5. The zero-order valence-corrected chi connectivity index (χ0v) is 11.3. The van der Waals surface area contributed by atoms with E-state index < -0.39 is 30.4 Å². The van der Waals surface area contributed by atoms with Gasteiger partial charge in [0.05, 0.1) is 19.1 Å². The number of aliphatic carboxylic acids is 1. The monoisotopic (exact) mass is 288 g/mol. The Balaban J connectivity index is 2.34. The molecule has 1 unspecified atom stereocenters. The Bertz CT molecular complexity index is 376. The summed E-state index contributed by atoms with van der Waals surface area (Å²) in [6, 6.07) is -2.00. The minimum absolute atomic E-state index is 0.140. The molecular formula is C11H20N4O5. The predicted octanol–water partition coefficient (Wildman–Crippen LogP) is -2.06. The quantitative estimate of drug-likeness (QED) is 0.444. The van der Waals surface area contributed by atoms with Crippen molar-refractivity contribution in [3.8, 4) is 0 Å². The molecule has 1 fully saturated rings. The van der Waals surface area contributed by atoms with Gasteiger partial charge in [-0.1, -0.05) is 0 Å². The number of nitrogens with zero attached hydrogens (tertiary/aromatic N) is 1. The highest BCUT2D eigenvalue weighted by Gasteiger charge is 2.23. The molecule has 0 aromatic carbocycles. The lowest BCUT2D eigenvalue weighted by atomic mass is 10.2. The Kier molecular flexibility index (Phi) is 6.19. The molecule has 2 atom stereocenters. The van der Waals surface area contributed by atoms with Crippen LogP contribution < -0.4 is 16.4 Å². The van der Waals surface area contributed by atoms with E-state index in [4.69, 9.17) is 15.6 Å². The Hall–Kier alpha value is -1.87. The first-order valence-electron chi connectivity index (χ1n) is 6.24. The number of rotatable bonds is 6. The number of morpholine rings is 1. The highest BCUT2D eigenvalue weighted by molar-refractivity contribution is 5.87. The van der Waals surface area contributed by atoms with Crippen LogP contribution in [0.1, 0.15) is 6.42 Å². The molecule has 0 radical (unpaired) electrons. The summed E-state index contributed by atoms with van der Waals surface area (Å²) in [7, 11) is 1.95. The number of carboxylic acids is 1. The number of nitrogens with one attached hydrogen (secondary N) is 2. The van der Waals surface area contributed by atoms with E-state index in [0.717, 1.165) is 6.54 Å². The normalized spacial score (nSPS) is 20.9. The van der Waals surface area contributed by atoms with Gasteiger partial charge < -0.3 is 31.1 Å². The van der Waals surface area contributed by atoms with Crippen LogP contribution in [0.25, 0.3) is 0 Å². The molecule has 0 aliphatic carbocycles. The number of carbonyl (C=O) groups excluding carboxylic acids is 2. The number of amides is 3. The first kappa shape index (κ1) is 16.2. The van der Waals surface area contributed by atoms with E-state index in [0.29, 0.717) is 13.2 Å². The summed E-state index contributed by atoms with van der Waals surface area (Å²) in [5.41, 5.74) is 4.91. The molecule has 3 amide bonds. The maximum atomic E-state index is 11.6. The number of primary amides is 1. The van der Waals surface area contributed by atoms with E-state index >= 15 is 0 Å². The van der Waals surface area contributed by atoms with E-state index in [9.17, 15) is 14.4 Å². The summed E-state index contributed by atoms with van der Waals surface area (Å²) >= 11 is 0. The fourth-order valence-electron chi connectivity index (χ4n) is 1.81. The topological polar surface area (TPSA) is 134 Å². The number of carbonyl (C=O) groups is 3. The Morgan fingerprint density at radius 3 is 2.75 bits per heavy atom. The fourth-order valence-corrected chi connectivity index (χ4v) is 1.81. The van der Waals surface area contributed by atoms with Crippen molar-refractivity contribution in [3.05, 3.63) is 0 Å². The van der Waals surface area contributed by atoms with E-state index in [-0.39, 0.29) is 12.6 Å². The summed E-state index contributed by atoms with van der Waals surface area (Å²) in [4.78, 5) is 35.2. The zero-order valence-electron chi connectivity index (χ0n) is 11.3. The van der Waals surface area contributed by atoms with Crippen molar-refractivity contribution in [1.82, 2.24) is 15.5 Å². The number of hydrogen-bond donors (Lipinski definition) is 4. The number of carboxylic acid groups (broad SMARTS) is 1. The molecule has 1 saturated heterocycles. The van der Waals surface area contributed by atoms with Crippen LogP contribution in [0.4, 0.5) is 4.79 Å². The van der Waals surface area contributed by atoms with Gasteiger partial charge >= 0.3 is 12.0 Å². The highest BCUT2D eigenvalue weighted by atomic mass is 16.5. The van der Waals surface area contributed by atoms with Gasteiger partial charge in [-0.15, -0.1) is 0 Å². The average Bonchev–Trinajstić information content (AvgIpc) is 2.35. The Morgan fingerprint density at radius 2 is 2.20 bits per heavy atom. The summed E-state index contributed by atoms with van der Waals surface area (Å²) < 4.78 is 5.44. The second kappa shape index (κ2) is 7.65. The van der Waals surface area contributed by atoms with Crippen LogP contribution >= 0.6 is 0 Å². The van der Waals surface area contributed by atoms with Crippen molar-refractivity contribution < 1.29 is 24.2 Å². The summed E-state index contributed by atoms with van der Waals surface area (Å²) in [6.45, 7) is 2.37. The van der Waals surface area contributed by atoms with Crippen LogP contribution in [0.15, 0.2) is 0 Å². The van der Waals surface area contributed by atoms with Crippen LogP contribution in [0.5, 0.6) is 0 Å². The Morgan fingerprint density at radius 1 is 1.50 bits per heavy atom. The molecule has 114 valence electrons. The van der Waals surface area contributed by atoms with Crippen molar-refractivity contribution in [2.45, 2.75) is 18.6 Å². The third kappa shape index (κ3) is 5.85. The van der Waals surface area contributed by atoms with Gasteiger partial charge in [0.25, 0.3) is 0 Å². The molecule has 0 aromatic rings. The molecule has 0 bridgehead atoms. The SMILES string of the molecule is CN1CCOC(CNC(=O)N[C@H](CC(N)=O)C(=O)O)C1. The smallest absolute Gasteiger partial charge is 0.326 e. The van der Waals surface area contributed by atoms with Crippen molar-refractivity contribution >= 4 is 17.9 Å². The standard InChI is InChI=1S/C11H20N4O5/c1-15-2-3-20-7(6-15)5-13-11(19)14-8(10(17)18)4-9(12)16/h7-8H,2-6H2,1H3,(H2,12,16)(H,17,18)(H2,13,14,19)/t7?,8-/m1/s1. The average molecular weight is 288 g/mol. The van der Waals surface area contributed by atoms with Gasteiger partial charge in [-0.2, -0.15) is 0 Å². The van der Waals surface area contributed by atoms with Crippen molar-refractivity contribution in [2.75, 3.05) is 33.3 Å². The third-order valence-electron chi connectivity index (χ3n) is 2.84. The van der Waals surface area contributed by atoms with Crippen molar-refractivity contribution in [1.29, 1.82) is 0 Å². The lowest BCUT2D eigenvalue weighted by Crippen LogP contribution is -2.51.